The van der Waals surface area contributed by atoms with Crippen LogP contribution in [0, 0.1) is 0 Å². The van der Waals surface area contributed by atoms with E-state index in [4.69, 9.17) is 0 Å². The van der Waals surface area contributed by atoms with Crippen LogP contribution in [0.1, 0.15) is 18.4 Å². The van der Waals surface area contributed by atoms with Crippen molar-refractivity contribution < 1.29 is 8.42 Å². The molecule has 1 heterocycles. The lowest BCUT2D eigenvalue weighted by atomic mass is 10.3. The van der Waals surface area contributed by atoms with Crippen LogP contribution in [0.3, 0.4) is 0 Å². The summed E-state index contributed by atoms with van der Waals surface area (Å²) >= 11 is 0. The molecule has 0 atom stereocenters. The van der Waals surface area contributed by atoms with Crippen LogP contribution in [-0.2, 0) is 16.6 Å². The Kier molecular flexibility index (Phi) is 3.90. The number of hydrogen-bond acceptors (Lipinski definition) is 4. The average Bonchev–Trinajstić information content (AvgIpc) is 3.30. The van der Waals surface area contributed by atoms with Crippen molar-refractivity contribution in [3.05, 3.63) is 54.2 Å². The molecule has 110 valence electrons. The Morgan fingerprint density at radius 2 is 1.86 bits per heavy atom. The number of nitrogens with zero attached hydrogens (tertiary/aromatic N) is 1. The molecule has 0 aliphatic heterocycles. The predicted octanol–water partition coefficient (Wildman–Crippen LogP) is 2.13. The quantitative estimate of drug-likeness (QED) is 0.857. The van der Waals surface area contributed by atoms with Crippen molar-refractivity contribution in [2.45, 2.75) is 30.5 Å². The van der Waals surface area contributed by atoms with Crippen LogP contribution in [0.15, 0.2) is 53.7 Å². The lowest BCUT2D eigenvalue weighted by Crippen LogP contribution is -2.17. The minimum atomic E-state index is -3.63. The number of para-hydroxylation sites is 1. The highest BCUT2D eigenvalue weighted by Gasteiger charge is 2.20. The van der Waals surface area contributed by atoms with Gasteiger partial charge in [0.15, 0.2) is 5.03 Å². The second-order valence-electron chi connectivity index (χ2n) is 5.13. The summed E-state index contributed by atoms with van der Waals surface area (Å²) in [5.74, 6) is 0. The maximum atomic E-state index is 12.2. The summed E-state index contributed by atoms with van der Waals surface area (Å²) in [7, 11) is -3.63. The van der Waals surface area contributed by atoms with E-state index in [1.165, 1.54) is 18.9 Å². The van der Waals surface area contributed by atoms with Gasteiger partial charge in [0, 0.05) is 24.5 Å². The highest BCUT2D eigenvalue weighted by molar-refractivity contribution is 7.92. The van der Waals surface area contributed by atoms with Gasteiger partial charge < -0.3 is 5.32 Å². The number of benzene rings is 1. The first-order valence-electron chi connectivity index (χ1n) is 6.90. The molecule has 1 aliphatic rings. The van der Waals surface area contributed by atoms with E-state index in [0.29, 0.717) is 11.7 Å². The average molecular weight is 303 g/mol. The van der Waals surface area contributed by atoms with Gasteiger partial charge in [0.25, 0.3) is 10.0 Å². The molecule has 3 rings (SSSR count). The third-order valence-corrected chi connectivity index (χ3v) is 4.57. The van der Waals surface area contributed by atoms with E-state index in [9.17, 15) is 8.42 Å². The van der Waals surface area contributed by atoms with Gasteiger partial charge in [-0.05, 0) is 36.6 Å². The molecule has 1 aromatic carbocycles. The Morgan fingerprint density at radius 1 is 1.10 bits per heavy atom. The van der Waals surface area contributed by atoms with Crippen molar-refractivity contribution in [2.24, 2.45) is 0 Å². The fourth-order valence-electron chi connectivity index (χ4n) is 1.94. The molecule has 0 unspecified atom stereocenters. The van der Waals surface area contributed by atoms with Crippen LogP contribution in [0.25, 0.3) is 0 Å². The molecule has 21 heavy (non-hydrogen) atoms. The molecule has 0 spiro atoms. The zero-order chi connectivity index (χ0) is 14.7. The molecule has 5 nitrogen and oxygen atoms in total. The van der Waals surface area contributed by atoms with Gasteiger partial charge in [-0.2, -0.15) is 8.42 Å². The molecule has 0 radical (unpaired) electrons. The van der Waals surface area contributed by atoms with Gasteiger partial charge in [0.2, 0.25) is 0 Å². The van der Waals surface area contributed by atoms with E-state index >= 15 is 0 Å². The summed E-state index contributed by atoms with van der Waals surface area (Å²) in [5, 5.41) is 3.40. The second-order valence-corrected chi connectivity index (χ2v) is 6.76. The molecule has 2 aromatic rings. The van der Waals surface area contributed by atoms with Gasteiger partial charge in [-0.25, -0.2) is 4.98 Å². The topological polar surface area (TPSA) is 71.1 Å². The van der Waals surface area contributed by atoms with Crippen LogP contribution in [0.5, 0.6) is 0 Å². The second kappa shape index (κ2) is 5.83. The Morgan fingerprint density at radius 3 is 2.48 bits per heavy atom. The highest BCUT2D eigenvalue weighted by Crippen LogP contribution is 2.19. The molecule has 1 aromatic heterocycles. The number of aromatic nitrogens is 1. The third-order valence-electron chi connectivity index (χ3n) is 3.27. The zero-order valence-corrected chi connectivity index (χ0v) is 12.3. The number of pyridine rings is 1. The monoisotopic (exact) mass is 303 g/mol. The molecule has 0 amide bonds. The SMILES string of the molecule is O=S(=O)(Nc1ccccc1)c1ccc(CNC2CC2)cn1. The Labute approximate surface area is 124 Å². The van der Waals surface area contributed by atoms with E-state index < -0.39 is 10.0 Å². The first-order chi connectivity index (χ1) is 10.1. The molecule has 0 saturated heterocycles. The predicted molar refractivity (Wildman–Crippen MR) is 81.3 cm³/mol. The summed E-state index contributed by atoms with van der Waals surface area (Å²) in [4.78, 5) is 4.05. The van der Waals surface area contributed by atoms with Crippen molar-refractivity contribution in [1.82, 2.24) is 10.3 Å². The Bertz CT molecular complexity index is 695. The normalized spacial score (nSPS) is 14.9. The van der Waals surface area contributed by atoms with Crippen LogP contribution < -0.4 is 10.0 Å². The maximum Gasteiger partial charge on any atom is 0.279 e. The van der Waals surface area contributed by atoms with Crippen molar-refractivity contribution in [3.63, 3.8) is 0 Å². The van der Waals surface area contributed by atoms with Crippen LogP contribution in [0.2, 0.25) is 0 Å². The van der Waals surface area contributed by atoms with Crippen LogP contribution in [0.4, 0.5) is 5.69 Å². The summed E-state index contributed by atoms with van der Waals surface area (Å²) < 4.78 is 26.9. The van der Waals surface area contributed by atoms with Crippen molar-refractivity contribution in [3.8, 4) is 0 Å². The van der Waals surface area contributed by atoms with Gasteiger partial charge in [-0.3, -0.25) is 4.72 Å². The smallest absolute Gasteiger partial charge is 0.279 e. The first kappa shape index (κ1) is 14.0. The van der Waals surface area contributed by atoms with Crippen molar-refractivity contribution >= 4 is 15.7 Å². The van der Waals surface area contributed by atoms with E-state index in [1.54, 1.807) is 36.5 Å². The van der Waals surface area contributed by atoms with Crippen molar-refractivity contribution in [1.29, 1.82) is 0 Å². The minimum Gasteiger partial charge on any atom is -0.310 e. The summed E-state index contributed by atoms with van der Waals surface area (Å²) in [5.41, 5.74) is 1.51. The van der Waals surface area contributed by atoms with Gasteiger partial charge in [-0.15, -0.1) is 0 Å². The Balaban J connectivity index is 1.69. The molecule has 0 bridgehead atoms. The van der Waals surface area contributed by atoms with Gasteiger partial charge in [0.05, 0.1) is 0 Å². The van der Waals surface area contributed by atoms with Gasteiger partial charge >= 0.3 is 0 Å². The molecule has 2 N–H and O–H groups in total. The number of anilines is 1. The van der Waals surface area contributed by atoms with Gasteiger partial charge in [0.1, 0.15) is 0 Å². The lowest BCUT2D eigenvalue weighted by molar-refractivity contribution is 0.597. The fourth-order valence-corrected chi connectivity index (χ4v) is 2.93. The largest absolute Gasteiger partial charge is 0.310 e. The summed E-state index contributed by atoms with van der Waals surface area (Å²) in [6, 6.07) is 12.7. The molecular weight excluding hydrogens is 286 g/mol. The van der Waals surface area contributed by atoms with Crippen LogP contribution >= 0.6 is 0 Å². The lowest BCUT2D eigenvalue weighted by Gasteiger charge is -2.08. The van der Waals surface area contributed by atoms with Gasteiger partial charge in [-0.1, -0.05) is 24.3 Å². The highest BCUT2D eigenvalue weighted by atomic mass is 32.2. The maximum absolute atomic E-state index is 12.2. The van der Waals surface area contributed by atoms with E-state index in [0.717, 1.165) is 12.1 Å². The molecule has 1 fully saturated rings. The number of rotatable bonds is 6. The summed E-state index contributed by atoms with van der Waals surface area (Å²) in [6.07, 6.45) is 4.05. The van der Waals surface area contributed by atoms with Crippen molar-refractivity contribution in [2.75, 3.05) is 4.72 Å². The minimum absolute atomic E-state index is 0.0292. The first-order valence-corrected chi connectivity index (χ1v) is 8.38. The van der Waals surface area contributed by atoms with Crippen LogP contribution in [-0.4, -0.2) is 19.4 Å². The molecular formula is C15H17N3O2S. The third kappa shape index (κ3) is 3.80. The fraction of sp³-hybridized carbons (Fsp3) is 0.267. The summed E-state index contributed by atoms with van der Waals surface area (Å²) in [6.45, 7) is 0.726. The zero-order valence-electron chi connectivity index (χ0n) is 11.5. The molecule has 1 saturated carbocycles. The molecule has 6 heteroatoms. The molecule has 1 aliphatic carbocycles. The van der Waals surface area contributed by atoms with E-state index in [2.05, 4.69) is 15.0 Å². The number of nitrogens with one attached hydrogen (secondary N) is 2. The van der Waals surface area contributed by atoms with E-state index in [1.807, 2.05) is 6.07 Å². The standard InChI is InChI=1S/C15H17N3O2S/c19-21(20,18-14-4-2-1-3-5-14)15-9-6-12(11-17-15)10-16-13-7-8-13/h1-6,9,11,13,16,18H,7-8,10H2. The Hall–Kier alpha value is -1.92. The number of hydrogen-bond donors (Lipinski definition) is 2. The van der Waals surface area contributed by atoms with E-state index in [-0.39, 0.29) is 5.03 Å². The number of sulfonamides is 1.